The van der Waals surface area contributed by atoms with Crippen molar-refractivity contribution in [3.63, 3.8) is 0 Å². The van der Waals surface area contributed by atoms with Crippen LogP contribution in [0.4, 0.5) is 28.7 Å². The molecule has 0 saturated carbocycles. The summed E-state index contributed by atoms with van der Waals surface area (Å²) in [6.07, 6.45) is 5.72. The topological polar surface area (TPSA) is 117 Å². The number of carbonyl (C=O) groups excluding carboxylic acids is 1. The van der Waals surface area contributed by atoms with Crippen LogP contribution in [0.25, 0.3) is 0 Å². The molecule has 1 aromatic heterocycles. The lowest BCUT2D eigenvalue weighted by Crippen LogP contribution is -2.59. The van der Waals surface area contributed by atoms with Crippen molar-refractivity contribution in [2.45, 2.75) is 37.4 Å². The van der Waals surface area contributed by atoms with Crippen molar-refractivity contribution in [2.24, 2.45) is 0 Å². The molecule has 49 heavy (non-hydrogen) atoms. The lowest BCUT2D eigenvalue weighted by molar-refractivity contribution is -0.111. The lowest BCUT2D eigenvalue weighted by atomic mass is 10.0. The highest BCUT2D eigenvalue weighted by molar-refractivity contribution is 6.02. The summed E-state index contributed by atoms with van der Waals surface area (Å²) in [6, 6.07) is 14.9. The van der Waals surface area contributed by atoms with Gasteiger partial charge < -0.3 is 29.7 Å². The number of benzene rings is 2. The molecule has 4 saturated heterocycles. The van der Waals surface area contributed by atoms with E-state index in [1.807, 2.05) is 41.5 Å². The van der Waals surface area contributed by atoms with Crippen LogP contribution < -0.4 is 30.1 Å². The van der Waals surface area contributed by atoms with Gasteiger partial charge in [0.15, 0.2) is 5.82 Å². The molecule has 1 amide bonds. The Morgan fingerprint density at radius 2 is 1.69 bits per heavy atom. The van der Waals surface area contributed by atoms with Gasteiger partial charge in [0.1, 0.15) is 23.6 Å². The molecular formula is C36H46N8O5. The standard InChI is InChI=1S/C36H46N8O5/c1-4-36(45)40-29-19-30(39-34-21-35(38-24-37-34)44-31(10-17-49-44)25-6-5-7-28(18-25)46-2)33(47-3)20-32(29)43-11-8-26(9-12-43)41-13-15-42(16-14-41)27-22-48-23-27/h4-7,18-21,24,26-27,31H,1,8-17,22-23H2,2-3H3,(H,40,45)(H,37,38,39)/t31-/m1/s1. The van der Waals surface area contributed by atoms with Gasteiger partial charge in [-0.1, -0.05) is 18.7 Å². The van der Waals surface area contributed by atoms with Gasteiger partial charge in [0, 0.05) is 63.9 Å². The summed E-state index contributed by atoms with van der Waals surface area (Å²) in [4.78, 5) is 35.2. The number of aromatic nitrogens is 2. The zero-order valence-corrected chi connectivity index (χ0v) is 28.3. The number of piperazine rings is 1. The third kappa shape index (κ3) is 7.30. The lowest BCUT2D eigenvalue weighted by Gasteiger charge is -2.46. The molecule has 260 valence electrons. The molecular weight excluding hydrogens is 624 g/mol. The van der Waals surface area contributed by atoms with Gasteiger partial charge >= 0.3 is 0 Å². The summed E-state index contributed by atoms with van der Waals surface area (Å²) >= 11 is 0. The minimum atomic E-state index is -0.277. The van der Waals surface area contributed by atoms with Crippen molar-refractivity contribution in [3.05, 3.63) is 67.0 Å². The van der Waals surface area contributed by atoms with Crippen LogP contribution >= 0.6 is 0 Å². The van der Waals surface area contributed by atoms with E-state index < -0.39 is 0 Å². The molecule has 13 heteroatoms. The molecule has 4 aliphatic rings. The second-order valence-corrected chi connectivity index (χ2v) is 12.9. The van der Waals surface area contributed by atoms with E-state index in [9.17, 15) is 4.79 Å². The average Bonchev–Trinajstić information content (AvgIpc) is 3.62. The Kier molecular flexibility index (Phi) is 10.1. The van der Waals surface area contributed by atoms with Crippen LogP contribution in [0.2, 0.25) is 0 Å². The van der Waals surface area contributed by atoms with Crippen molar-refractivity contribution >= 4 is 34.6 Å². The Morgan fingerprint density at radius 3 is 2.39 bits per heavy atom. The first-order chi connectivity index (χ1) is 24.0. The molecule has 2 N–H and O–H groups in total. The highest BCUT2D eigenvalue weighted by Gasteiger charge is 2.33. The Morgan fingerprint density at radius 1 is 0.918 bits per heavy atom. The molecule has 0 radical (unpaired) electrons. The predicted octanol–water partition coefficient (Wildman–Crippen LogP) is 4.23. The number of anilines is 5. The predicted molar refractivity (Wildman–Crippen MR) is 189 cm³/mol. The van der Waals surface area contributed by atoms with Crippen molar-refractivity contribution in [1.82, 2.24) is 19.8 Å². The van der Waals surface area contributed by atoms with E-state index in [1.165, 1.54) is 12.4 Å². The van der Waals surface area contributed by atoms with E-state index in [0.29, 0.717) is 47.5 Å². The molecule has 4 fully saturated rings. The number of hydrogen-bond donors (Lipinski definition) is 2. The molecule has 1 atom stereocenters. The third-order valence-corrected chi connectivity index (χ3v) is 10.1. The van der Waals surface area contributed by atoms with Gasteiger partial charge in [0.2, 0.25) is 5.91 Å². The van der Waals surface area contributed by atoms with Crippen LogP contribution in [0.1, 0.15) is 30.9 Å². The van der Waals surface area contributed by atoms with Crippen LogP contribution in [0.5, 0.6) is 11.5 Å². The number of ether oxygens (including phenoxy) is 3. The number of amides is 1. The number of rotatable bonds is 11. The monoisotopic (exact) mass is 670 g/mol. The number of hydroxylamine groups is 1. The molecule has 0 aliphatic carbocycles. The van der Waals surface area contributed by atoms with Gasteiger partial charge in [-0.3, -0.25) is 19.4 Å². The van der Waals surface area contributed by atoms with E-state index in [0.717, 1.165) is 88.7 Å². The van der Waals surface area contributed by atoms with Gasteiger partial charge in [-0.2, -0.15) is 0 Å². The first kappa shape index (κ1) is 33.1. The largest absolute Gasteiger partial charge is 0.497 e. The van der Waals surface area contributed by atoms with E-state index >= 15 is 0 Å². The molecule has 0 bridgehead atoms. The van der Waals surface area contributed by atoms with Crippen LogP contribution in [0.3, 0.4) is 0 Å². The first-order valence-electron chi connectivity index (χ1n) is 17.1. The van der Waals surface area contributed by atoms with Crippen molar-refractivity contribution in [3.8, 4) is 11.5 Å². The summed E-state index contributed by atoms with van der Waals surface area (Å²) in [6.45, 7) is 12.2. The maximum Gasteiger partial charge on any atom is 0.247 e. The highest BCUT2D eigenvalue weighted by Crippen LogP contribution is 2.41. The maximum atomic E-state index is 12.6. The van der Waals surface area contributed by atoms with Crippen molar-refractivity contribution in [2.75, 3.05) is 93.9 Å². The molecule has 3 aromatic rings. The Hall–Kier alpha value is -4.43. The fraction of sp³-hybridized carbons (Fsp3) is 0.472. The Labute approximate surface area is 287 Å². The van der Waals surface area contributed by atoms with Crippen molar-refractivity contribution < 1.29 is 23.8 Å². The maximum absolute atomic E-state index is 12.6. The number of piperidine rings is 1. The van der Waals surface area contributed by atoms with E-state index in [4.69, 9.17) is 19.0 Å². The van der Waals surface area contributed by atoms with Gasteiger partial charge in [0.25, 0.3) is 0 Å². The van der Waals surface area contributed by atoms with Crippen LogP contribution in [0, 0.1) is 0 Å². The molecule has 5 heterocycles. The second kappa shape index (κ2) is 15.0. The van der Waals surface area contributed by atoms with Gasteiger partial charge in [-0.05, 0) is 42.7 Å². The number of carbonyl (C=O) groups is 1. The fourth-order valence-corrected chi connectivity index (χ4v) is 7.28. The van der Waals surface area contributed by atoms with Crippen molar-refractivity contribution in [1.29, 1.82) is 0 Å². The summed E-state index contributed by atoms with van der Waals surface area (Å²) < 4.78 is 16.7. The fourth-order valence-electron chi connectivity index (χ4n) is 7.28. The molecule has 7 rings (SSSR count). The number of nitrogens with zero attached hydrogens (tertiary/aromatic N) is 6. The zero-order valence-electron chi connectivity index (χ0n) is 28.3. The molecule has 2 aromatic carbocycles. The van der Waals surface area contributed by atoms with E-state index in [-0.39, 0.29) is 11.9 Å². The summed E-state index contributed by atoms with van der Waals surface area (Å²) in [5.41, 5.74) is 3.33. The zero-order chi connectivity index (χ0) is 33.7. The molecule has 13 nitrogen and oxygen atoms in total. The second-order valence-electron chi connectivity index (χ2n) is 12.9. The van der Waals surface area contributed by atoms with Crippen LogP contribution in [-0.4, -0.2) is 111 Å². The van der Waals surface area contributed by atoms with E-state index in [1.54, 1.807) is 14.2 Å². The van der Waals surface area contributed by atoms with Gasteiger partial charge in [0.05, 0.1) is 63.2 Å². The third-order valence-electron chi connectivity index (χ3n) is 10.1. The number of nitrogens with one attached hydrogen (secondary N) is 2. The number of methoxy groups -OCH3 is 2. The summed E-state index contributed by atoms with van der Waals surface area (Å²) in [7, 11) is 3.31. The SMILES string of the molecule is C=CC(=O)Nc1cc(Nc2cc(N3OCC[C@@H]3c3cccc(OC)c3)ncn2)c(OC)cc1N1CCC(N2CCN(C3COC3)CC2)CC1. The quantitative estimate of drug-likeness (QED) is 0.285. The van der Waals surface area contributed by atoms with Crippen LogP contribution in [0.15, 0.2) is 61.4 Å². The highest BCUT2D eigenvalue weighted by atomic mass is 16.7. The van der Waals surface area contributed by atoms with Gasteiger partial charge in [-0.15, -0.1) is 0 Å². The summed E-state index contributed by atoms with van der Waals surface area (Å²) in [5, 5.41) is 8.26. The Balaban J connectivity index is 1.07. The van der Waals surface area contributed by atoms with Crippen LogP contribution in [-0.2, 0) is 14.4 Å². The smallest absolute Gasteiger partial charge is 0.247 e. The summed E-state index contributed by atoms with van der Waals surface area (Å²) in [5.74, 6) is 2.34. The molecule has 0 unspecified atom stereocenters. The van der Waals surface area contributed by atoms with E-state index in [2.05, 4.69) is 47.9 Å². The molecule has 4 aliphatic heterocycles. The molecule has 0 spiro atoms. The minimum absolute atomic E-state index is 0.0245. The average molecular weight is 671 g/mol. The van der Waals surface area contributed by atoms with Gasteiger partial charge in [-0.25, -0.2) is 15.0 Å². The normalized spacial score (nSPS) is 20.9. The number of hydrogen-bond acceptors (Lipinski definition) is 12. The first-order valence-corrected chi connectivity index (χ1v) is 17.1. The minimum Gasteiger partial charge on any atom is -0.497 e. The Bertz CT molecular complexity index is 1620.